The zero-order valence-electron chi connectivity index (χ0n) is 15.2. The third-order valence-electron chi connectivity index (χ3n) is 3.97. The number of carbonyl (C=O) groups is 2. The fraction of sp³-hybridized carbons (Fsp3) is 0.143. The quantitative estimate of drug-likeness (QED) is 0.646. The Labute approximate surface area is 166 Å². The number of nitrogens with one attached hydrogen (secondary N) is 1. The van der Waals surface area contributed by atoms with Crippen LogP contribution in [0.5, 0.6) is 5.75 Å². The first-order valence-electron chi connectivity index (χ1n) is 8.61. The van der Waals surface area contributed by atoms with Gasteiger partial charge in [0.15, 0.2) is 0 Å². The molecule has 0 fully saturated rings. The van der Waals surface area contributed by atoms with Crippen LogP contribution in [0.25, 0.3) is 0 Å². The van der Waals surface area contributed by atoms with Crippen LogP contribution >= 0.6 is 11.3 Å². The van der Waals surface area contributed by atoms with Gasteiger partial charge in [0.1, 0.15) is 18.2 Å². The number of ether oxygens (including phenoxy) is 1. The molecule has 2 amide bonds. The molecule has 5 nitrogen and oxygen atoms in total. The Morgan fingerprint density at radius 2 is 1.89 bits per heavy atom. The molecule has 1 N–H and O–H groups in total. The van der Waals surface area contributed by atoms with E-state index in [1.165, 1.54) is 40.5 Å². The SMILES string of the molecule is CN(CCOc1ccc(F)cc1)C(=O)c1cccc(NC(=O)c2cccs2)c1. The molecule has 0 atom stereocenters. The molecule has 144 valence electrons. The number of amides is 2. The van der Waals surface area contributed by atoms with Crippen molar-refractivity contribution in [3.63, 3.8) is 0 Å². The molecule has 0 bridgehead atoms. The van der Waals surface area contributed by atoms with Crippen molar-refractivity contribution in [3.8, 4) is 5.75 Å². The van der Waals surface area contributed by atoms with Crippen LogP contribution in [-0.4, -0.2) is 36.9 Å². The summed E-state index contributed by atoms with van der Waals surface area (Å²) < 4.78 is 18.4. The van der Waals surface area contributed by atoms with Crippen molar-refractivity contribution >= 4 is 28.8 Å². The summed E-state index contributed by atoms with van der Waals surface area (Å²) in [5.74, 6) is -0.179. The lowest BCUT2D eigenvalue weighted by Gasteiger charge is -2.18. The van der Waals surface area contributed by atoms with Crippen molar-refractivity contribution in [2.75, 3.05) is 25.5 Å². The van der Waals surface area contributed by atoms with Gasteiger partial charge in [0, 0.05) is 18.3 Å². The number of rotatable bonds is 7. The highest BCUT2D eigenvalue weighted by atomic mass is 32.1. The minimum Gasteiger partial charge on any atom is -0.492 e. The highest BCUT2D eigenvalue weighted by Crippen LogP contribution is 2.16. The smallest absolute Gasteiger partial charge is 0.265 e. The van der Waals surface area contributed by atoms with Gasteiger partial charge in [0.05, 0.1) is 11.4 Å². The van der Waals surface area contributed by atoms with E-state index < -0.39 is 0 Å². The molecule has 1 aromatic heterocycles. The molecule has 0 saturated heterocycles. The van der Waals surface area contributed by atoms with Gasteiger partial charge in [-0.15, -0.1) is 11.3 Å². The maximum absolute atomic E-state index is 12.9. The number of anilines is 1. The van der Waals surface area contributed by atoms with Gasteiger partial charge < -0.3 is 15.0 Å². The Morgan fingerprint density at radius 1 is 1.11 bits per heavy atom. The lowest BCUT2D eigenvalue weighted by Crippen LogP contribution is -2.31. The van der Waals surface area contributed by atoms with Crippen LogP contribution in [0, 0.1) is 5.82 Å². The minimum absolute atomic E-state index is 0.185. The molecule has 0 aliphatic heterocycles. The zero-order valence-corrected chi connectivity index (χ0v) is 16.0. The summed E-state index contributed by atoms with van der Waals surface area (Å²) in [6.45, 7) is 0.644. The average Bonchev–Trinajstić information content (AvgIpc) is 3.24. The van der Waals surface area contributed by atoms with E-state index in [1.807, 2.05) is 11.4 Å². The van der Waals surface area contributed by atoms with Crippen molar-refractivity contribution in [1.82, 2.24) is 4.90 Å². The molecule has 7 heteroatoms. The molecule has 0 unspecified atom stereocenters. The van der Waals surface area contributed by atoms with E-state index in [4.69, 9.17) is 4.74 Å². The van der Waals surface area contributed by atoms with Gasteiger partial charge in [-0.1, -0.05) is 12.1 Å². The van der Waals surface area contributed by atoms with E-state index in [9.17, 15) is 14.0 Å². The summed E-state index contributed by atoms with van der Waals surface area (Å²) in [5, 5.41) is 4.62. The Kier molecular flexibility index (Phi) is 6.39. The molecule has 0 saturated carbocycles. The van der Waals surface area contributed by atoms with Crippen LogP contribution in [0.1, 0.15) is 20.0 Å². The second kappa shape index (κ2) is 9.14. The molecule has 2 aromatic carbocycles. The third-order valence-corrected chi connectivity index (χ3v) is 4.84. The lowest BCUT2D eigenvalue weighted by molar-refractivity contribution is 0.0773. The number of hydrogen-bond donors (Lipinski definition) is 1. The van der Waals surface area contributed by atoms with E-state index in [-0.39, 0.29) is 24.2 Å². The molecule has 0 radical (unpaired) electrons. The predicted molar refractivity (Wildman–Crippen MR) is 108 cm³/mol. The summed E-state index contributed by atoms with van der Waals surface area (Å²) >= 11 is 1.35. The third kappa shape index (κ3) is 5.17. The van der Waals surface area contributed by atoms with Crippen molar-refractivity contribution in [3.05, 3.63) is 82.3 Å². The second-order valence-electron chi connectivity index (χ2n) is 6.04. The topological polar surface area (TPSA) is 58.6 Å². The van der Waals surface area contributed by atoms with E-state index in [0.717, 1.165) is 0 Å². The van der Waals surface area contributed by atoms with Crippen LogP contribution in [0.2, 0.25) is 0 Å². The van der Waals surface area contributed by atoms with Crippen LogP contribution < -0.4 is 10.1 Å². The zero-order chi connectivity index (χ0) is 19.9. The molecular weight excluding hydrogens is 379 g/mol. The maximum atomic E-state index is 12.9. The van der Waals surface area contributed by atoms with Gasteiger partial charge >= 0.3 is 0 Å². The lowest BCUT2D eigenvalue weighted by atomic mass is 10.1. The summed E-state index contributed by atoms with van der Waals surface area (Å²) in [6.07, 6.45) is 0. The Bertz CT molecular complexity index is 943. The Hall–Kier alpha value is -3.19. The van der Waals surface area contributed by atoms with E-state index >= 15 is 0 Å². The minimum atomic E-state index is -0.328. The number of benzene rings is 2. The van der Waals surface area contributed by atoms with Crippen LogP contribution in [-0.2, 0) is 0 Å². The van der Waals surface area contributed by atoms with Gasteiger partial charge in [0.25, 0.3) is 11.8 Å². The molecule has 3 aromatic rings. The van der Waals surface area contributed by atoms with Gasteiger partial charge in [-0.05, 0) is 53.9 Å². The van der Waals surface area contributed by atoms with Crippen LogP contribution in [0.3, 0.4) is 0 Å². The van der Waals surface area contributed by atoms with E-state index in [0.29, 0.717) is 28.4 Å². The standard InChI is InChI=1S/C21H19FN2O3S/c1-24(11-12-27-18-9-7-16(22)8-10-18)21(26)15-4-2-5-17(14-15)23-20(25)19-6-3-13-28-19/h2-10,13-14H,11-12H2,1H3,(H,23,25). The summed E-state index contributed by atoms with van der Waals surface area (Å²) in [5.41, 5.74) is 1.02. The maximum Gasteiger partial charge on any atom is 0.265 e. The number of hydrogen-bond acceptors (Lipinski definition) is 4. The first-order chi connectivity index (χ1) is 13.5. The first kappa shape index (κ1) is 19.6. The number of nitrogens with zero attached hydrogens (tertiary/aromatic N) is 1. The average molecular weight is 398 g/mol. The summed E-state index contributed by atoms with van der Waals surface area (Å²) in [6, 6.07) is 16.1. The van der Waals surface area contributed by atoms with Crippen molar-refractivity contribution in [2.24, 2.45) is 0 Å². The molecule has 28 heavy (non-hydrogen) atoms. The Balaban J connectivity index is 1.55. The Morgan fingerprint density at radius 3 is 2.61 bits per heavy atom. The highest BCUT2D eigenvalue weighted by Gasteiger charge is 2.13. The molecule has 1 heterocycles. The van der Waals surface area contributed by atoms with Gasteiger partial charge in [-0.25, -0.2) is 4.39 Å². The second-order valence-corrected chi connectivity index (χ2v) is 6.99. The number of halogens is 1. The molecule has 0 aliphatic carbocycles. The van der Waals surface area contributed by atoms with Gasteiger partial charge in [0.2, 0.25) is 0 Å². The highest BCUT2D eigenvalue weighted by molar-refractivity contribution is 7.12. The van der Waals surface area contributed by atoms with Crippen molar-refractivity contribution in [1.29, 1.82) is 0 Å². The molecule has 3 rings (SSSR count). The van der Waals surface area contributed by atoms with E-state index in [1.54, 1.807) is 37.4 Å². The largest absolute Gasteiger partial charge is 0.492 e. The monoisotopic (exact) mass is 398 g/mol. The molecular formula is C21H19FN2O3S. The van der Waals surface area contributed by atoms with Crippen LogP contribution in [0.4, 0.5) is 10.1 Å². The number of likely N-dealkylation sites (N-methyl/N-ethyl adjacent to an activating group) is 1. The number of carbonyl (C=O) groups excluding carboxylic acids is 2. The first-order valence-corrected chi connectivity index (χ1v) is 9.49. The summed E-state index contributed by atoms with van der Waals surface area (Å²) in [4.78, 5) is 26.9. The number of thiophene rings is 1. The van der Waals surface area contributed by atoms with Crippen LogP contribution in [0.15, 0.2) is 66.0 Å². The summed E-state index contributed by atoms with van der Waals surface area (Å²) in [7, 11) is 1.67. The predicted octanol–water partition coefficient (Wildman–Crippen LogP) is 4.29. The molecule has 0 aliphatic rings. The van der Waals surface area contributed by atoms with Crippen molar-refractivity contribution < 1.29 is 18.7 Å². The molecule has 0 spiro atoms. The van der Waals surface area contributed by atoms with Gasteiger partial charge in [-0.3, -0.25) is 9.59 Å². The van der Waals surface area contributed by atoms with Crippen molar-refractivity contribution in [2.45, 2.75) is 0 Å². The normalized spacial score (nSPS) is 10.4. The fourth-order valence-electron chi connectivity index (χ4n) is 2.48. The van der Waals surface area contributed by atoms with E-state index in [2.05, 4.69) is 5.32 Å². The fourth-order valence-corrected chi connectivity index (χ4v) is 3.10. The van der Waals surface area contributed by atoms with Gasteiger partial charge in [-0.2, -0.15) is 0 Å².